The first-order valence-electron chi connectivity index (χ1n) is 8.30. The molecule has 0 heterocycles. The number of sulfone groups is 1. The number of guanidine groups is 1. The van der Waals surface area contributed by atoms with Crippen LogP contribution in [-0.4, -0.2) is 52.6 Å². The molecule has 1 rings (SSSR count). The van der Waals surface area contributed by atoms with Crippen molar-refractivity contribution in [3.8, 4) is 5.75 Å². The average molecular weight is 390 g/mol. The Hall–Kier alpha value is -1.47. The van der Waals surface area contributed by atoms with Gasteiger partial charge in [-0.15, -0.1) is 0 Å². The summed E-state index contributed by atoms with van der Waals surface area (Å²) < 4.78 is 27.7. The summed E-state index contributed by atoms with van der Waals surface area (Å²) in [6.45, 7) is 5.23. The van der Waals surface area contributed by atoms with Gasteiger partial charge in [0, 0.05) is 30.4 Å². The molecule has 142 valence electrons. The Morgan fingerprint density at radius 2 is 2.12 bits per heavy atom. The van der Waals surface area contributed by atoms with Gasteiger partial charge in [-0.3, -0.25) is 4.99 Å². The van der Waals surface area contributed by atoms with E-state index in [0.29, 0.717) is 30.4 Å². The van der Waals surface area contributed by atoms with Crippen LogP contribution >= 0.6 is 11.6 Å². The summed E-state index contributed by atoms with van der Waals surface area (Å²) in [4.78, 5) is 4.53. The van der Waals surface area contributed by atoms with E-state index in [2.05, 4.69) is 15.6 Å². The number of nitrogens with one attached hydrogen (secondary N) is 2. The highest BCUT2D eigenvalue weighted by Gasteiger charge is 2.09. The van der Waals surface area contributed by atoms with E-state index in [4.69, 9.17) is 16.3 Å². The number of hydrogen-bond donors (Lipinski definition) is 2. The molecule has 0 amide bonds. The normalized spacial score (nSPS) is 13.4. The molecule has 0 radical (unpaired) electrons. The van der Waals surface area contributed by atoms with Gasteiger partial charge in [-0.05, 0) is 44.4 Å². The molecule has 8 heteroatoms. The molecular formula is C17H28ClN3O3S. The summed E-state index contributed by atoms with van der Waals surface area (Å²) in [7, 11) is -1.35. The van der Waals surface area contributed by atoms with Crippen molar-refractivity contribution in [1.29, 1.82) is 0 Å². The number of ether oxygens (including phenoxy) is 1. The molecule has 0 spiro atoms. The summed E-state index contributed by atoms with van der Waals surface area (Å²) in [5.74, 6) is 1.56. The third kappa shape index (κ3) is 8.97. The molecule has 0 fully saturated rings. The molecule has 25 heavy (non-hydrogen) atoms. The quantitative estimate of drug-likeness (QED) is 0.500. The summed E-state index contributed by atoms with van der Waals surface area (Å²) in [6.07, 6.45) is 2.49. The molecule has 0 saturated carbocycles. The number of methoxy groups -OCH3 is 1. The van der Waals surface area contributed by atoms with Gasteiger partial charge in [0.2, 0.25) is 0 Å². The molecule has 0 aliphatic rings. The maximum atomic E-state index is 11.3. The summed E-state index contributed by atoms with van der Waals surface area (Å²) in [5, 5.41) is 7.06. The van der Waals surface area contributed by atoms with Gasteiger partial charge >= 0.3 is 0 Å². The summed E-state index contributed by atoms with van der Waals surface area (Å²) >= 11 is 6.24. The second-order valence-corrected chi connectivity index (χ2v) is 8.60. The molecule has 0 aromatic heterocycles. The first-order valence-corrected chi connectivity index (χ1v) is 10.7. The highest BCUT2D eigenvalue weighted by Crippen LogP contribution is 2.22. The van der Waals surface area contributed by atoms with Crippen molar-refractivity contribution in [3.63, 3.8) is 0 Å². The fourth-order valence-corrected chi connectivity index (χ4v) is 3.21. The number of nitrogens with zero attached hydrogens (tertiary/aromatic N) is 1. The van der Waals surface area contributed by atoms with Gasteiger partial charge in [-0.1, -0.05) is 17.7 Å². The minimum atomic E-state index is -2.96. The van der Waals surface area contributed by atoms with Gasteiger partial charge in [0.1, 0.15) is 15.6 Å². The van der Waals surface area contributed by atoms with Crippen LogP contribution in [0.15, 0.2) is 23.2 Å². The molecule has 1 atom stereocenters. The van der Waals surface area contributed by atoms with Crippen molar-refractivity contribution in [2.75, 3.05) is 32.2 Å². The smallest absolute Gasteiger partial charge is 0.191 e. The fraction of sp³-hybridized carbons (Fsp3) is 0.588. The standard InChI is InChI=1S/C17H28ClN3O3S/c1-5-19-17(21-13(2)9-11-25(4,22)23)20-10-8-14-6-7-15(24-3)12-16(14)18/h6-7,12-13H,5,8-11H2,1-4H3,(H2,19,20,21). The SMILES string of the molecule is CCNC(=NCCc1ccc(OC)cc1Cl)NC(C)CCS(C)(=O)=O. The lowest BCUT2D eigenvalue weighted by atomic mass is 10.1. The van der Waals surface area contributed by atoms with Gasteiger partial charge in [-0.2, -0.15) is 0 Å². The monoisotopic (exact) mass is 389 g/mol. The van der Waals surface area contributed by atoms with E-state index in [1.807, 2.05) is 26.0 Å². The van der Waals surface area contributed by atoms with E-state index in [9.17, 15) is 8.42 Å². The zero-order valence-corrected chi connectivity index (χ0v) is 16.9. The van der Waals surface area contributed by atoms with Crippen LogP contribution in [0.2, 0.25) is 5.02 Å². The van der Waals surface area contributed by atoms with Crippen LogP contribution in [0, 0.1) is 0 Å². The molecular weight excluding hydrogens is 362 g/mol. The van der Waals surface area contributed by atoms with Crippen molar-refractivity contribution >= 4 is 27.4 Å². The second kappa shape index (κ2) is 10.5. The van der Waals surface area contributed by atoms with E-state index in [1.165, 1.54) is 6.26 Å². The van der Waals surface area contributed by atoms with E-state index >= 15 is 0 Å². The predicted octanol–water partition coefficient (Wildman–Crippen LogP) is 2.27. The molecule has 6 nitrogen and oxygen atoms in total. The van der Waals surface area contributed by atoms with Gasteiger partial charge in [0.05, 0.1) is 12.9 Å². The Labute approximate surface area is 155 Å². The Balaban J connectivity index is 2.60. The minimum absolute atomic E-state index is 0.0112. The van der Waals surface area contributed by atoms with Crippen molar-refractivity contribution in [2.24, 2.45) is 4.99 Å². The third-order valence-corrected chi connectivity index (χ3v) is 4.89. The summed E-state index contributed by atoms with van der Waals surface area (Å²) in [6, 6.07) is 5.61. The molecule has 1 aromatic carbocycles. The molecule has 1 aromatic rings. The van der Waals surface area contributed by atoms with Crippen LogP contribution in [-0.2, 0) is 16.3 Å². The average Bonchev–Trinajstić information content (AvgIpc) is 2.54. The topological polar surface area (TPSA) is 79.8 Å². The Morgan fingerprint density at radius 3 is 2.68 bits per heavy atom. The minimum Gasteiger partial charge on any atom is -0.497 e. The number of hydrogen-bond acceptors (Lipinski definition) is 4. The lowest BCUT2D eigenvalue weighted by molar-refractivity contribution is 0.414. The van der Waals surface area contributed by atoms with E-state index in [0.717, 1.165) is 17.9 Å². The number of benzene rings is 1. The fourth-order valence-electron chi connectivity index (χ4n) is 2.16. The van der Waals surface area contributed by atoms with Gasteiger partial charge in [0.25, 0.3) is 0 Å². The Bertz CT molecular complexity index is 678. The van der Waals surface area contributed by atoms with Crippen LogP contribution in [0.25, 0.3) is 0 Å². The van der Waals surface area contributed by atoms with Crippen LogP contribution in [0.5, 0.6) is 5.75 Å². The number of aliphatic imine (C=N–C) groups is 1. The largest absolute Gasteiger partial charge is 0.497 e. The van der Waals surface area contributed by atoms with Crippen LogP contribution < -0.4 is 15.4 Å². The number of rotatable bonds is 9. The third-order valence-electron chi connectivity index (χ3n) is 3.56. The van der Waals surface area contributed by atoms with Gasteiger partial charge in [-0.25, -0.2) is 8.42 Å². The predicted molar refractivity (Wildman–Crippen MR) is 105 cm³/mol. The molecule has 0 saturated heterocycles. The zero-order chi connectivity index (χ0) is 18.9. The van der Waals surface area contributed by atoms with Crippen molar-refractivity contribution < 1.29 is 13.2 Å². The number of halogens is 1. The van der Waals surface area contributed by atoms with Crippen molar-refractivity contribution in [3.05, 3.63) is 28.8 Å². The van der Waals surface area contributed by atoms with E-state index < -0.39 is 9.84 Å². The van der Waals surface area contributed by atoms with E-state index in [-0.39, 0.29) is 11.8 Å². The molecule has 0 aliphatic heterocycles. The molecule has 1 unspecified atom stereocenters. The van der Waals surface area contributed by atoms with Gasteiger partial charge in [0.15, 0.2) is 5.96 Å². The van der Waals surface area contributed by atoms with Crippen LogP contribution in [0.1, 0.15) is 25.8 Å². The zero-order valence-electron chi connectivity index (χ0n) is 15.3. The van der Waals surface area contributed by atoms with Crippen LogP contribution in [0.3, 0.4) is 0 Å². The maximum Gasteiger partial charge on any atom is 0.191 e. The Morgan fingerprint density at radius 1 is 1.40 bits per heavy atom. The Kier molecular flexibility index (Phi) is 9.06. The summed E-state index contributed by atoms with van der Waals surface area (Å²) in [5.41, 5.74) is 1.01. The van der Waals surface area contributed by atoms with E-state index in [1.54, 1.807) is 13.2 Å². The van der Waals surface area contributed by atoms with Crippen LogP contribution in [0.4, 0.5) is 0 Å². The first-order chi connectivity index (χ1) is 11.7. The molecule has 0 bridgehead atoms. The lowest BCUT2D eigenvalue weighted by Crippen LogP contribution is -2.43. The highest BCUT2D eigenvalue weighted by molar-refractivity contribution is 7.90. The molecule has 2 N–H and O–H groups in total. The molecule has 0 aliphatic carbocycles. The maximum absolute atomic E-state index is 11.3. The van der Waals surface area contributed by atoms with Crippen molar-refractivity contribution in [1.82, 2.24) is 10.6 Å². The lowest BCUT2D eigenvalue weighted by Gasteiger charge is -2.17. The van der Waals surface area contributed by atoms with Gasteiger partial charge < -0.3 is 15.4 Å². The highest BCUT2D eigenvalue weighted by atomic mass is 35.5. The first kappa shape index (κ1) is 21.6. The van der Waals surface area contributed by atoms with Crippen molar-refractivity contribution in [2.45, 2.75) is 32.7 Å². The second-order valence-electron chi connectivity index (χ2n) is 5.93.